The van der Waals surface area contributed by atoms with E-state index in [9.17, 15) is 9.90 Å². The monoisotopic (exact) mass is 345 g/mol. The highest BCUT2D eigenvalue weighted by Gasteiger charge is 2.32. The smallest absolute Gasteiger partial charge is 0.224 e. The van der Waals surface area contributed by atoms with Gasteiger partial charge in [-0.1, -0.05) is 25.3 Å². The number of pyridine rings is 1. The highest BCUT2D eigenvalue weighted by Crippen LogP contribution is 2.29. The molecular formula is C20H31N3O2. The third-order valence-electron chi connectivity index (χ3n) is 5.59. The molecule has 25 heavy (non-hydrogen) atoms. The fourth-order valence-corrected chi connectivity index (χ4v) is 4.09. The number of amides is 1. The van der Waals surface area contributed by atoms with Crippen LogP contribution in [0.3, 0.4) is 0 Å². The van der Waals surface area contributed by atoms with Crippen molar-refractivity contribution in [2.75, 3.05) is 19.6 Å². The molecule has 2 heterocycles. The number of nitrogens with one attached hydrogen (secondary N) is 1. The van der Waals surface area contributed by atoms with E-state index in [1.807, 2.05) is 19.1 Å². The van der Waals surface area contributed by atoms with Gasteiger partial charge in [0.15, 0.2) is 0 Å². The number of carbonyl (C=O) groups excluding carboxylic acids is 1. The molecule has 5 heteroatoms. The van der Waals surface area contributed by atoms with Crippen molar-refractivity contribution in [3.8, 4) is 0 Å². The van der Waals surface area contributed by atoms with E-state index in [1.54, 1.807) is 6.20 Å². The number of likely N-dealkylation sites (tertiary alicyclic amines) is 1. The fraction of sp³-hybridized carbons (Fsp3) is 0.700. The molecule has 1 saturated heterocycles. The molecule has 5 nitrogen and oxygen atoms in total. The molecule has 2 aliphatic rings. The summed E-state index contributed by atoms with van der Waals surface area (Å²) < 4.78 is 0. The van der Waals surface area contributed by atoms with Crippen LogP contribution < -0.4 is 5.32 Å². The number of aliphatic hydroxyl groups is 1. The summed E-state index contributed by atoms with van der Waals surface area (Å²) in [5, 5.41) is 13.9. The van der Waals surface area contributed by atoms with E-state index in [0.29, 0.717) is 6.42 Å². The lowest BCUT2D eigenvalue weighted by atomic mass is 9.84. The molecule has 1 saturated carbocycles. The van der Waals surface area contributed by atoms with Crippen LogP contribution in [-0.4, -0.2) is 52.2 Å². The predicted octanol–water partition coefficient (Wildman–Crippen LogP) is 2.21. The molecule has 2 fully saturated rings. The number of carbonyl (C=O) groups is 1. The number of β-amino-alcohol motifs (C(OH)–C–C–N with tert-alkyl or cyclic N) is 1. The van der Waals surface area contributed by atoms with E-state index in [4.69, 9.17) is 0 Å². The molecule has 1 amide bonds. The first kappa shape index (κ1) is 18.3. The first-order valence-electron chi connectivity index (χ1n) is 9.68. The van der Waals surface area contributed by atoms with Crippen LogP contribution in [0, 0.1) is 6.92 Å². The first-order valence-corrected chi connectivity index (χ1v) is 9.68. The van der Waals surface area contributed by atoms with Gasteiger partial charge in [0.2, 0.25) is 5.91 Å². The number of piperidine rings is 1. The number of nitrogens with zero attached hydrogens (tertiary/aromatic N) is 2. The van der Waals surface area contributed by atoms with Crippen LogP contribution in [0.2, 0.25) is 0 Å². The zero-order valence-corrected chi connectivity index (χ0v) is 15.3. The fourth-order valence-electron chi connectivity index (χ4n) is 4.09. The highest BCUT2D eigenvalue weighted by atomic mass is 16.3. The summed E-state index contributed by atoms with van der Waals surface area (Å²) >= 11 is 0. The molecule has 1 aromatic rings. The maximum absolute atomic E-state index is 12.2. The van der Waals surface area contributed by atoms with Crippen molar-refractivity contribution in [3.05, 3.63) is 29.6 Å². The Labute approximate surface area is 150 Å². The van der Waals surface area contributed by atoms with E-state index in [-0.39, 0.29) is 11.9 Å². The molecular weight excluding hydrogens is 314 g/mol. The average Bonchev–Trinajstić information content (AvgIpc) is 2.59. The number of hydrogen-bond donors (Lipinski definition) is 2. The SMILES string of the molecule is Cc1ccc(CC(=O)NC2CCN(CC3(O)CCCCC3)CC2)cn1. The standard InChI is InChI=1S/C20H31N3O2/c1-16-5-6-17(14-21-16)13-19(24)22-18-7-11-23(12-8-18)15-20(25)9-3-2-4-10-20/h5-6,14,18,25H,2-4,7-13,15H2,1H3,(H,22,24). The summed E-state index contributed by atoms with van der Waals surface area (Å²) in [5.41, 5.74) is 1.45. The Hall–Kier alpha value is -1.46. The van der Waals surface area contributed by atoms with Gasteiger partial charge in [0.05, 0.1) is 12.0 Å². The Morgan fingerprint density at radius 2 is 2.00 bits per heavy atom. The van der Waals surface area contributed by atoms with Gasteiger partial charge in [-0.3, -0.25) is 9.78 Å². The molecule has 3 rings (SSSR count). The van der Waals surface area contributed by atoms with Crippen LogP contribution in [0.5, 0.6) is 0 Å². The van der Waals surface area contributed by atoms with Crippen molar-refractivity contribution < 1.29 is 9.90 Å². The molecule has 0 aromatic carbocycles. The van der Waals surface area contributed by atoms with E-state index in [1.165, 1.54) is 6.42 Å². The van der Waals surface area contributed by atoms with Gasteiger partial charge in [0, 0.05) is 37.6 Å². The van der Waals surface area contributed by atoms with E-state index >= 15 is 0 Å². The molecule has 0 radical (unpaired) electrons. The van der Waals surface area contributed by atoms with Gasteiger partial charge in [-0.25, -0.2) is 0 Å². The second kappa shape index (κ2) is 8.28. The van der Waals surface area contributed by atoms with Gasteiger partial charge < -0.3 is 15.3 Å². The quantitative estimate of drug-likeness (QED) is 0.859. The van der Waals surface area contributed by atoms with Crippen molar-refractivity contribution in [1.29, 1.82) is 0 Å². The van der Waals surface area contributed by atoms with Crippen LogP contribution in [0.15, 0.2) is 18.3 Å². The molecule has 0 bridgehead atoms. The summed E-state index contributed by atoms with van der Waals surface area (Å²) in [5.74, 6) is 0.0787. The van der Waals surface area contributed by atoms with Gasteiger partial charge in [-0.15, -0.1) is 0 Å². The van der Waals surface area contributed by atoms with E-state index < -0.39 is 5.60 Å². The lowest BCUT2D eigenvalue weighted by Crippen LogP contribution is -2.50. The summed E-state index contributed by atoms with van der Waals surface area (Å²) in [6.07, 6.45) is 9.54. The Bertz CT molecular complexity index is 559. The molecule has 0 unspecified atom stereocenters. The molecule has 138 valence electrons. The molecule has 1 aromatic heterocycles. The molecule has 0 atom stereocenters. The molecule has 2 N–H and O–H groups in total. The van der Waals surface area contributed by atoms with Crippen molar-refractivity contribution in [2.45, 2.75) is 69.9 Å². The van der Waals surface area contributed by atoms with Gasteiger partial charge in [0.25, 0.3) is 0 Å². The van der Waals surface area contributed by atoms with Crippen LogP contribution in [0.4, 0.5) is 0 Å². The van der Waals surface area contributed by atoms with Gasteiger partial charge in [0.1, 0.15) is 0 Å². The lowest BCUT2D eigenvalue weighted by molar-refractivity contribution is -0.121. The highest BCUT2D eigenvalue weighted by molar-refractivity contribution is 5.78. The minimum Gasteiger partial charge on any atom is -0.389 e. The minimum atomic E-state index is -0.479. The van der Waals surface area contributed by atoms with E-state index in [0.717, 1.165) is 69.4 Å². The molecule has 1 aliphatic heterocycles. The van der Waals surface area contributed by atoms with Crippen LogP contribution in [0.1, 0.15) is 56.2 Å². The zero-order chi connectivity index (χ0) is 17.7. The Kier molecular flexibility index (Phi) is 6.07. The first-order chi connectivity index (χ1) is 12.0. The zero-order valence-electron chi connectivity index (χ0n) is 15.3. The summed E-state index contributed by atoms with van der Waals surface area (Å²) in [4.78, 5) is 18.8. The predicted molar refractivity (Wildman–Crippen MR) is 98.3 cm³/mol. The third kappa shape index (κ3) is 5.51. The summed E-state index contributed by atoms with van der Waals surface area (Å²) in [7, 11) is 0. The van der Waals surface area contributed by atoms with Crippen molar-refractivity contribution in [3.63, 3.8) is 0 Å². The average molecular weight is 345 g/mol. The van der Waals surface area contributed by atoms with Crippen LogP contribution in [-0.2, 0) is 11.2 Å². The van der Waals surface area contributed by atoms with Crippen molar-refractivity contribution >= 4 is 5.91 Å². The Morgan fingerprint density at radius 3 is 2.64 bits per heavy atom. The second-order valence-corrected chi connectivity index (χ2v) is 7.89. The normalized spacial score (nSPS) is 21.8. The van der Waals surface area contributed by atoms with E-state index in [2.05, 4.69) is 15.2 Å². The third-order valence-corrected chi connectivity index (χ3v) is 5.59. The number of aromatic nitrogens is 1. The van der Waals surface area contributed by atoms with Crippen LogP contribution >= 0.6 is 0 Å². The van der Waals surface area contributed by atoms with Crippen LogP contribution in [0.25, 0.3) is 0 Å². The Morgan fingerprint density at radius 1 is 1.28 bits per heavy atom. The number of rotatable bonds is 5. The minimum absolute atomic E-state index is 0.0787. The lowest BCUT2D eigenvalue weighted by Gasteiger charge is -2.40. The maximum atomic E-state index is 12.2. The molecule has 0 spiro atoms. The second-order valence-electron chi connectivity index (χ2n) is 7.89. The molecule has 1 aliphatic carbocycles. The Balaban J connectivity index is 1.40. The van der Waals surface area contributed by atoms with Gasteiger partial charge in [-0.2, -0.15) is 0 Å². The topological polar surface area (TPSA) is 65.5 Å². The van der Waals surface area contributed by atoms with Gasteiger partial charge >= 0.3 is 0 Å². The number of hydrogen-bond acceptors (Lipinski definition) is 4. The maximum Gasteiger partial charge on any atom is 0.224 e. The largest absolute Gasteiger partial charge is 0.389 e. The number of aryl methyl sites for hydroxylation is 1. The van der Waals surface area contributed by atoms with Gasteiger partial charge in [-0.05, 0) is 44.2 Å². The summed E-state index contributed by atoms with van der Waals surface area (Å²) in [6.45, 7) is 4.66. The van der Waals surface area contributed by atoms with Crippen molar-refractivity contribution in [1.82, 2.24) is 15.2 Å². The van der Waals surface area contributed by atoms with Crippen molar-refractivity contribution in [2.24, 2.45) is 0 Å². The summed E-state index contributed by atoms with van der Waals surface area (Å²) in [6, 6.07) is 4.16.